The topological polar surface area (TPSA) is 54.8 Å². The number of carbonyl (C=O) groups excluding carboxylic acids is 2. The molecule has 0 N–H and O–H groups in total. The Labute approximate surface area is 197 Å². The van der Waals surface area contributed by atoms with Crippen molar-refractivity contribution in [3.05, 3.63) is 71.7 Å². The number of halogens is 2. The molecule has 6 nitrogen and oxygen atoms in total. The Hall–Kier alpha value is -3.32. The summed E-state index contributed by atoms with van der Waals surface area (Å²) in [4.78, 5) is 28.7. The third-order valence-electron chi connectivity index (χ3n) is 5.97. The molecule has 1 fully saturated rings. The van der Waals surface area contributed by atoms with Crippen LogP contribution in [0.1, 0.15) is 16.1 Å². The van der Waals surface area contributed by atoms with E-state index in [-0.39, 0.29) is 23.5 Å². The van der Waals surface area contributed by atoms with Crippen LogP contribution in [0.3, 0.4) is 0 Å². The molecule has 0 aliphatic carbocycles. The van der Waals surface area contributed by atoms with Crippen LogP contribution in [0.4, 0.5) is 4.39 Å². The van der Waals surface area contributed by atoms with Crippen LogP contribution in [0, 0.1) is 12.7 Å². The Kier molecular flexibility index (Phi) is 6.70. The van der Waals surface area contributed by atoms with Gasteiger partial charge >= 0.3 is 0 Å². The average molecular weight is 470 g/mol. The van der Waals surface area contributed by atoms with Crippen molar-refractivity contribution in [2.45, 2.75) is 6.92 Å². The second-order valence-corrected chi connectivity index (χ2v) is 8.12. The molecule has 0 unspecified atom stereocenters. The van der Waals surface area contributed by atoms with Crippen LogP contribution >= 0.6 is 11.6 Å². The Morgan fingerprint density at radius 3 is 2.36 bits per heavy atom. The molecule has 4 rings (SSSR count). The van der Waals surface area contributed by atoms with Crippen LogP contribution in [-0.4, -0.2) is 65.4 Å². The Morgan fingerprint density at radius 1 is 1.00 bits per heavy atom. The van der Waals surface area contributed by atoms with Gasteiger partial charge in [-0.3, -0.25) is 9.59 Å². The summed E-state index contributed by atoms with van der Waals surface area (Å²) >= 11 is 5.66. The molecule has 33 heavy (non-hydrogen) atoms. The molecular weight excluding hydrogens is 445 g/mol. The molecule has 2 amide bonds. The van der Waals surface area contributed by atoms with Crippen molar-refractivity contribution >= 4 is 23.4 Å². The second-order valence-electron chi connectivity index (χ2n) is 7.85. The van der Waals surface area contributed by atoms with E-state index in [9.17, 15) is 14.0 Å². The number of para-hydroxylation sites is 1. The lowest BCUT2D eigenvalue weighted by atomic mass is 10.1. The minimum atomic E-state index is -0.382. The molecule has 0 spiro atoms. The highest BCUT2D eigenvalue weighted by Gasteiger charge is 2.28. The molecule has 1 saturated heterocycles. The number of alkyl halides is 1. The number of benzene rings is 2. The van der Waals surface area contributed by atoms with Crippen molar-refractivity contribution in [3.63, 3.8) is 0 Å². The van der Waals surface area contributed by atoms with Crippen molar-refractivity contribution in [1.82, 2.24) is 14.4 Å². The van der Waals surface area contributed by atoms with E-state index in [4.69, 9.17) is 16.3 Å². The SMILES string of the molecule is COc1cccc(-c2cc(C(=O)N3CCN(C(=O)CCl)CC3)c(C)n2-c2ccccc2F)c1. The normalized spacial score (nSPS) is 13.8. The van der Waals surface area contributed by atoms with Gasteiger partial charge < -0.3 is 19.1 Å². The van der Waals surface area contributed by atoms with Gasteiger partial charge in [-0.2, -0.15) is 0 Å². The number of hydrogen-bond acceptors (Lipinski definition) is 3. The first-order valence-corrected chi connectivity index (χ1v) is 11.2. The zero-order valence-electron chi connectivity index (χ0n) is 18.6. The van der Waals surface area contributed by atoms with E-state index in [1.54, 1.807) is 45.7 Å². The van der Waals surface area contributed by atoms with Crippen LogP contribution in [0.15, 0.2) is 54.6 Å². The molecule has 0 atom stereocenters. The number of rotatable bonds is 5. The minimum Gasteiger partial charge on any atom is -0.497 e. The number of ether oxygens (including phenoxy) is 1. The Morgan fingerprint density at radius 2 is 1.70 bits per heavy atom. The molecule has 172 valence electrons. The summed E-state index contributed by atoms with van der Waals surface area (Å²) in [6, 6.07) is 15.7. The van der Waals surface area contributed by atoms with Gasteiger partial charge in [-0.15, -0.1) is 11.6 Å². The van der Waals surface area contributed by atoms with Gasteiger partial charge in [0.05, 0.1) is 24.1 Å². The highest BCUT2D eigenvalue weighted by molar-refractivity contribution is 6.27. The van der Waals surface area contributed by atoms with Crippen molar-refractivity contribution in [1.29, 1.82) is 0 Å². The van der Waals surface area contributed by atoms with Gasteiger partial charge in [0.15, 0.2) is 0 Å². The minimum absolute atomic E-state index is 0.0670. The highest BCUT2D eigenvalue weighted by Crippen LogP contribution is 2.33. The van der Waals surface area contributed by atoms with Gasteiger partial charge in [0.25, 0.3) is 5.91 Å². The summed E-state index contributed by atoms with van der Waals surface area (Å²) < 4.78 is 22.0. The zero-order chi connectivity index (χ0) is 23.5. The number of nitrogens with zero attached hydrogens (tertiary/aromatic N) is 3. The molecule has 0 saturated carbocycles. The van der Waals surface area contributed by atoms with E-state index in [1.807, 2.05) is 31.2 Å². The zero-order valence-corrected chi connectivity index (χ0v) is 19.3. The number of hydrogen-bond donors (Lipinski definition) is 0. The summed E-state index contributed by atoms with van der Waals surface area (Å²) in [5.41, 5.74) is 2.99. The van der Waals surface area contributed by atoms with Gasteiger partial charge in [-0.05, 0) is 37.3 Å². The number of aromatic nitrogens is 1. The van der Waals surface area contributed by atoms with Crippen molar-refractivity contribution in [3.8, 4) is 22.7 Å². The maximum Gasteiger partial charge on any atom is 0.255 e. The van der Waals surface area contributed by atoms with Crippen LogP contribution in [0.2, 0.25) is 0 Å². The lowest BCUT2D eigenvalue weighted by Crippen LogP contribution is -2.51. The highest BCUT2D eigenvalue weighted by atomic mass is 35.5. The first-order valence-electron chi connectivity index (χ1n) is 10.7. The molecule has 1 aliphatic heterocycles. The third-order valence-corrected chi connectivity index (χ3v) is 6.20. The average Bonchev–Trinajstić information content (AvgIpc) is 3.20. The van der Waals surface area contributed by atoms with E-state index in [0.29, 0.717) is 54.6 Å². The van der Waals surface area contributed by atoms with E-state index in [1.165, 1.54) is 6.07 Å². The van der Waals surface area contributed by atoms with Gasteiger partial charge in [0, 0.05) is 37.4 Å². The van der Waals surface area contributed by atoms with Crippen LogP contribution in [0.25, 0.3) is 16.9 Å². The maximum atomic E-state index is 14.8. The smallest absolute Gasteiger partial charge is 0.255 e. The molecule has 2 aromatic carbocycles. The number of methoxy groups -OCH3 is 1. The van der Waals surface area contributed by atoms with Gasteiger partial charge in [-0.1, -0.05) is 24.3 Å². The maximum absolute atomic E-state index is 14.8. The molecule has 0 radical (unpaired) electrons. The standard InChI is InChI=1S/C25H25ClFN3O3/c1-17-20(25(32)29-12-10-28(11-13-29)24(31)16-26)15-23(18-6-5-7-19(14-18)33-2)30(17)22-9-4-3-8-21(22)27/h3-9,14-15H,10-13,16H2,1-2H3. The van der Waals surface area contributed by atoms with Gasteiger partial charge in [0.2, 0.25) is 5.91 Å². The fourth-order valence-corrected chi connectivity index (χ4v) is 4.34. The van der Waals surface area contributed by atoms with Crippen molar-refractivity contribution in [2.75, 3.05) is 39.2 Å². The second kappa shape index (κ2) is 9.67. The Bertz CT molecular complexity index is 1190. The first kappa shape index (κ1) is 22.9. The van der Waals surface area contributed by atoms with Crippen molar-refractivity contribution in [2.24, 2.45) is 0 Å². The fourth-order valence-electron chi connectivity index (χ4n) is 4.18. The summed E-state index contributed by atoms with van der Waals surface area (Å²) in [5, 5.41) is 0. The molecule has 1 aromatic heterocycles. The van der Waals surface area contributed by atoms with Crippen LogP contribution in [0.5, 0.6) is 5.75 Å². The van der Waals surface area contributed by atoms with E-state index in [0.717, 1.165) is 5.56 Å². The predicted molar refractivity (Wildman–Crippen MR) is 126 cm³/mol. The first-order chi connectivity index (χ1) is 15.9. The third kappa shape index (κ3) is 4.46. The van der Waals surface area contributed by atoms with E-state index >= 15 is 0 Å². The lowest BCUT2D eigenvalue weighted by Gasteiger charge is -2.34. The molecule has 0 bridgehead atoms. The number of amides is 2. The molecule has 3 aromatic rings. The number of piperazine rings is 1. The van der Waals surface area contributed by atoms with Crippen LogP contribution < -0.4 is 4.74 Å². The summed E-state index contributed by atoms with van der Waals surface area (Å²) in [7, 11) is 1.59. The van der Waals surface area contributed by atoms with Crippen LogP contribution in [-0.2, 0) is 4.79 Å². The van der Waals surface area contributed by atoms with Crippen molar-refractivity contribution < 1.29 is 18.7 Å². The Balaban J connectivity index is 1.75. The fraction of sp³-hybridized carbons (Fsp3) is 0.280. The van der Waals surface area contributed by atoms with Gasteiger partial charge in [0.1, 0.15) is 17.4 Å². The quantitative estimate of drug-likeness (QED) is 0.528. The molecular formula is C25H25ClFN3O3. The largest absolute Gasteiger partial charge is 0.497 e. The predicted octanol–water partition coefficient (Wildman–Crippen LogP) is 4.12. The summed E-state index contributed by atoms with van der Waals surface area (Å²) in [5.74, 6) is -0.0646. The number of carbonyl (C=O) groups is 2. The summed E-state index contributed by atoms with van der Waals surface area (Å²) in [6.45, 7) is 3.53. The van der Waals surface area contributed by atoms with E-state index in [2.05, 4.69) is 0 Å². The van der Waals surface area contributed by atoms with Gasteiger partial charge in [-0.25, -0.2) is 4.39 Å². The summed E-state index contributed by atoms with van der Waals surface area (Å²) in [6.07, 6.45) is 0. The molecule has 1 aliphatic rings. The monoisotopic (exact) mass is 469 g/mol. The molecule has 2 heterocycles. The lowest BCUT2D eigenvalue weighted by molar-refractivity contribution is -0.129. The van der Waals surface area contributed by atoms with E-state index < -0.39 is 0 Å². The molecule has 8 heteroatoms.